The predicted molar refractivity (Wildman–Crippen MR) is 96.5 cm³/mol. The number of amides is 1. The summed E-state index contributed by atoms with van der Waals surface area (Å²) in [5, 5.41) is 26.0. The molecule has 0 bridgehead atoms. The number of nitriles is 1. The molecule has 1 amide bonds. The fraction of sp³-hybridized carbons (Fsp3) is 0.150. The number of rotatable bonds is 5. The predicted octanol–water partition coefficient (Wildman–Crippen LogP) is 2.75. The molecule has 1 heterocycles. The lowest BCUT2D eigenvalue weighted by Gasteiger charge is -2.10. The molecule has 6 nitrogen and oxygen atoms in total. The maximum atomic E-state index is 12.6. The molecule has 0 aliphatic heterocycles. The summed E-state index contributed by atoms with van der Waals surface area (Å²) in [7, 11) is 0. The van der Waals surface area contributed by atoms with Gasteiger partial charge in [-0.15, -0.1) is 0 Å². The van der Waals surface area contributed by atoms with Crippen LogP contribution >= 0.6 is 0 Å². The molecule has 0 spiro atoms. The third kappa shape index (κ3) is 3.90. The van der Waals surface area contributed by atoms with Crippen molar-refractivity contribution in [2.24, 2.45) is 0 Å². The molecule has 0 aliphatic carbocycles. The number of nitrogens with one attached hydrogen (secondary N) is 1. The van der Waals surface area contributed by atoms with E-state index in [0.717, 1.165) is 11.3 Å². The first-order valence-corrected chi connectivity index (χ1v) is 8.15. The second-order valence-electron chi connectivity index (χ2n) is 5.95. The SMILES string of the molecule is Cc1cc(C(=O)NCc2ccc(C#N)cc2O)n(Cc2ccccc2)n1. The van der Waals surface area contributed by atoms with Crippen LogP contribution in [0.1, 0.15) is 32.9 Å². The highest BCUT2D eigenvalue weighted by atomic mass is 16.3. The first kappa shape index (κ1) is 17.2. The van der Waals surface area contributed by atoms with E-state index in [4.69, 9.17) is 5.26 Å². The van der Waals surface area contributed by atoms with E-state index in [2.05, 4.69) is 10.4 Å². The topological polar surface area (TPSA) is 90.9 Å². The number of hydrogen-bond acceptors (Lipinski definition) is 4. The van der Waals surface area contributed by atoms with Gasteiger partial charge in [0.05, 0.1) is 23.9 Å². The highest BCUT2D eigenvalue weighted by molar-refractivity contribution is 5.92. The molecule has 2 aromatic carbocycles. The van der Waals surface area contributed by atoms with Crippen molar-refractivity contribution in [1.29, 1.82) is 5.26 Å². The van der Waals surface area contributed by atoms with Gasteiger partial charge in [-0.2, -0.15) is 10.4 Å². The lowest BCUT2D eigenvalue weighted by atomic mass is 10.1. The number of carbonyl (C=O) groups excluding carboxylic acids is 1. The molecule has 6 heteroatoms. The summed E-state index contributed by atoms with van der Waals surface area (Å²) in [5.74, 6) is -0.288. The molecule has 0 unspecified atom stereocenters. The second kappa shape index (κ2) is 7.53. The van der Waals surface area contributed by atoms with Crippen molar-refractivity contribution in [1.82, 2.24) is 15.1 Å². The summed E-state index contributed by atoms with van der Waals surface area (Å²) in [6.07, 6.45) is 0. The first-order valence-electron chi connectivity index (χ1n) is 8.15. The van der Waals surface area contributed by atoms with E-state index in [9.17, 15) is 9.90 Å². The van der Waals surface area contributed by atoms with Crippen LogP contribution in [0.2, 0.25) is 0 Å². The minimum atomic E-state index is -0.273. The lowest BCUT2D eigenvalue weighted by molar-refractivity contribution is 0.0940. The Bertz CT molecular complexity index is 971. The monoisotopic (exact) mass is 346 g/mol. The molecule has 0 radical (unpaired) electrons. The van der Waals surface area contributed by atoms with Crippen LogP contribution in [0.4, 0.5) is 0 Å². The Morgan fingerprint density at radius 3 is 2.69 bits per heavy atom. The Balaban J connectivity index is 1.73. The van der Waals surface area contributed by atoms with Gasteiger partial charge in [0.1, 0.15) is 11.4 Å². The Labute approximate surface area is 151 Å². The molecule has 3 aromatic rings. The molecule has 26 heavy (non-hydrogen) atoms. The molecular weight excluding hydrogens is 328 g/mol. The number of benzene rings is 2. The minimum Gasteiger partial charge on any atom is -0.508 e. The summed E-state index contributed by atoms with van der Waals surface area (Å²) in [4.78, 5) is 12.6. The molecular formula is C20H18N4O2. The number of nitrogens with zero attached hydrogens (tertiary/aromatic N) is 3. The van der Waals surface area contributed by atoms with Crippen molar-refractivity contribution in [3.8, 4) is 11.8 Å². The molecule has 0 fully saturated rings. The lowest BCUT2D eigenvalue weighted by Crippen LogP contribution is -2.26. The molecule has 0 saturated heterocycles. The van der Waals surface area contributed by atoms with Gasteiger partial charge in [-0.1, -0.05) is 36.4 Å². The van der Waals surface area contributed by atoms with Crippen LogP contribution in [-0.2, 0) is 13.1 Å². The third-order valence-corrected chi connectivity index (χ3v) is 3.96. The maximum Gasteiger partial charge on any atom is 0.269 e. The quantitative estimate of drug-likeness (QED) is 0.743. The Kier molecular flexibility index (Phi) is 4.99. The second-order valence-corrected chi connectivity index (χ2v) is 5.95. The average Bonchev–Trinajstić information content (AvgIpc) is 3.01. The fourth-order valence-corrected chi connectivity index (χ4v) is 2.65. The van der Waals surface area contributed by atoms with Crippen LogP contribution in [0.5, 0.6) is 5.75 Å². The zero-order chi connectivity index (χ0) is 18.5. The van der Waals surface area contributed by atoms with E-state index in [1.807, 2.05) is 43.3 Å². The summed E-state index contributed by atoms with van der Waals surface area (Å²) < 4.78 is 1.67. The standard InChI is InChI=1S/C20H18N4O2/c1-14-9-18(24(23-14)13-15-5-3-2-4-6-15)20(26)22-12-17-8-7-16(11-21)10-19(17)25/h2-10,25H,12-13H2,1H3,(H,22,26). The van der Waals surface area contributed by atoms with Crippen molar-refractivity contribution in [2.75, 3.05) is 0 Å². The van der Waals surface area contributed by atoms with E-state index in [0.29, 0.717) is 23.4 Å². The van der Waals surface area contributed by atoms with Crippen LogP contribution in [0.25, 0.3) is 0 Å². The number of hydrogen-bond donors (Lipinski definition) is 2. The Hall–Kier alpha value is -3.59. The summed E-state index contributed by atoms with van der Waals surface area (Å²) in [5.41, 5.74) is 3.18. The highest BCUT2D eigenvalue weighted by Gasteiger charge is 2.15. The summed E-state index contributed by atoms with van der Waals surface area (Å²) in [6.45, 7) is 2.50. The number of aromatic hydroxyl groups is 1. The van der Waals surface area contributed by atoms with Gasteiger partial charge < -0.3 is 10.4 Å². The van der Waals surface area contributed by atoms with E-state index < -0.39 is 0 Å². The van der Waals surface area contributed by atoms with E-state index in [1.54, 1.807) is 22.9 Å². The first-order chi connectivity index (χ1) is 12.6. The van der Waals surface area contributed by atoms with Gasteiger partial charge in [0.25, 0.3) is 5.91 Å². The van der Waals surface area contributed by atoms with Crippen LogP contribution in [0.15, 0.2) is 54.6 Å². The molecule has 2 N–H and O–H groups in total. The molecule has 0 atom stereocenters. The number of phenols is 1. The van der Waals surface area contributed by atoms with Crippen molar-refractivity contribution in [2.45, 2.75) is 20.0 Å². The van der Waals surface area contributed by atoms with Gasteiger partial charge in [0, 0.05) is 12.1 Å². The smallest absolute Gasteiger partial charge is 0.269 e. The Morgan fingerprint density at radius 1 is 1.23 bits per heavy atom. The van der Waals surface area contributed by atoms with Crippen LogP contribution in [-0.4, -0.2) is 20.8 Å². The fourth-order valence-electron chi connectivity index (χ4n) is 2.65. The Morgan fingerprint density at radius 2 is 2.00 bits per heavy atom. The zero-order valence-corrected chi connectivity index (χ0v) is 14.3. The largest absolute Gasteiger partial charge is 0.508 e. The van der Waals surface area contributed by atoms with Gasteiger partial charge in [-0.3, -0.25) is 9.48 Å². The highest BCUT2D eigenvalue weighted by Crippen LogP contribution is 2.18. The van der Waals surface area contributed by atoms with Gasteiger partial charge in [-0.25, -0.2) is 0 Å². The number of aryl methyl sites for hydroxylation is 1. The third-order valence-electron chi connectivity index (χ3n) is 3.96. The van der Waals surface area contributed by atoms with Gasteiger partial charge in [0.2, 0.25) is 0 Å². The van der Waals surface area contributed by atoms with Crippen LogP contribution in [0.3, 0.4) is 0 Å². The molecule has 0 aliphatic rings. The number of carbonyl (C=O) groups is 1. The number of aromatic nitrogens is 2. The van der Waals surface area contributed by atoms with Crippen molar-refractivity contribution in [3.05, 3.63) is 82.7 Å². The van der Waals surface area contributed by atoms with Gasteiger partial charge in [-0.05, 0) is 30.7 Å². The van der Waals surface area contributed by atoms with Gasteiger partial charge in [0.15, 0.2) is 0 Å². The normalized spacial score (nSPS) is 10.3. The molecule has 0 saturated carbocycles. The van der Waals surface area contributed by atoms with E-state index in [-0.39, 0.29) is 18.2 Å². The summed E-state index contributed by atoms with van der Waals surface area (Å²) in [6, 6.07) is 18.1. The minimum absolute atomic E-state index is 0.0154. The molecule has 3 rings (SSSR count). The van der Waals surface area contributed by atoms with E-state index in [1.165, 1.54) is 6.07 Å². The number of phenolic OH excluding ortho intramolecular Hbond substituents is 1. The van der Waals surface area contributed by atoms with Crippen molar-refractivity contribution in [3.63, 3.8) is 0 Å². The van der Waals surface area contributed by atoms with Crippen LogP contribution < -0.4 is 5.32 Å². The van der Waals surface area contributed by atoms with E-state index >= 15 is 0 Å². The zero-order valence-electron chi connectivity index (χ0n) is 14.3. The van der Waals surface area contributed by atoms with Crippen molar-refractivity contribution >= 4 is 5.91 Å². The maximum absolute atomic E-state index is 12.6. The average molecular weight is 346 g/mol. The molecule has 130 valence electrons. The van der Waals surface area contributed by atoms with Crippen molar-refractivity contribution < 1.29 is 9.90 Å². The summed E-state index contributed by atoms with van der Waals surface area (Å²) >= 11 is 0. The van der Waals surface area contributed by atoms with Crippen LogP contribution in [0, 0.1) is 18.3 Å². The molecule has 1 aromatic heterocycles. The van der Waals surface area contributed by atoms with Gasteiger partial charge >= 0.3 is 0 Å².